The summed E-state index contributed by atoms with van der Waals surface area (Å²) in [5, 5.41) is 15.4. The number of nitrogens with two attached hydrogens (primary N) is 2. The van der Waals surface area contributed by atoms with Crippen molar-refractivity contribution >= 4 is 67.3 Å². The lowest BCUT2D eigenvalue weighted by molar-refractivity contribution is -0.634. The van der Waals surface area contributed by atoms with E-state index in [1.54, 1.807) is 24.5 Å². The smallest absolute Gasteiger partial charge is 0.255 e. The molecule has 0 aliphatic rings. The lowest BCUT2D eigenvalue weighted by Gasteiger charge is -2.01. The van der Waals surface area contributed by atoms with Crippen LogP contribution in [0.15, 0.2) is 36.4 Å². The van der Waals surface area contributed by atoms with Crippen molar-refractivity contribution in [1.82, 2.24) is 0 Å². The molecule has 0 fully saturated rings. The van der Waals surface area contributed by atoms with E-state index >= 15 is 0 Å². The number of thioether (sulfide) groups is 1. The third-order valence-corrected chi connectivity index (χ3v) is 4.49. The van der Waals surface area contributed by atoms with Crippen LogP contribution in [0.4, 0.5) is 8.78 Å². The largest absolute Gasteiger partial charge is 0.707 e. The van der Waals surface area contributed by atoms with E-state index in [0.29, 0.717) is 21.9 Å². The molecule has 13 heteroatoms. The predicted molar refractivity (Wildman–Crippen MR) is 114 cm³/mol. The van der Waals surface area contributed by atoms with E-state index in [4.69, 9.17) is 39.6 Å². The summed E-state index contributed by atoms with van der Waals surface area (Å²) in [5.74, 6) is -0.862. The van der Waals surface area contributed by atoms with Gasteiger partial charge in [-0.25, -0.2) is 22.6 Å². The zero-order chi connectivity index (χ0) is 22.8. The monoisotopic (exact) mass is 504 g/mol. The number of rotatable bonds is 3. The summed E-state index contributed by atoms with van der Waals surface area (Å²) in [6.07, 6.45) is 2.46. The van der Waals surface area contributed by atoms with E-state index < -0.39 is 15.9 Å². The van der Waals surface area contributed by atoms with Gasteiger partial charge < -0.3 is 15.3 Å². The summed E-state index contributed by atoms with van der Waals surface area (Å²) < 4.78 is 47.5. The molecule has 2 aromatic carbocycles. The molecule has 0 amide bonds. The number of benzene rings is 2. The topological polar surface area (TPSA) is 118 Å². The first-order valence-electron chi connectivity index (χ1n) is 7.21. The third-order valence-electron chi connectivity index (χ3n) is 2.76. The van der Waals surface area contributed by atoms with Crippen LogP contribution in [0.3, 0.4) is 0 Å². The minimum Gasteiger partial charge on any atom is -0.707 e. The van der Waals surface area contributed by atoms with E-state index in [9.17, 15) is 17.2 Å². The highest BCUT2D eigenvalue weighted by molar-refractivity contribution is 8.13. The predicted octanol–water partition coefficient (Wildman–Crippen LogP) is 1.70. The highest BCUT2D eigenvalue weighted by Crippen LogP contribution is 2.21. The lowest BCUT2D eigenvalue weighted by Crippen LogP contribution is -2.38. The second-order valence-corrected chi connectivity index (χ2v) is 8.54. The maximum absolute atomic E-state index is 13.1. The average Bonchev–Trinajstić information content (AvgIpc) is 2.61. The van der Waals surface area contributed by atoms with E-state index in [0.717, 1.165) is 0 Å². The quantitative estimate of drug-likeness (QED) is 0.214. The summed E-state index contributed by atoms with van der Waals surface area (Å²) in [6, 6.07) is 8.81. The summed E-state index contributed by atoms with van der Waals surface area (Å²) in [7, 11) is -3.72. The minimum atomic E-state index is -3.72. The Morgan fingerprint density at radius 3 is 1.76 bits per heavy atom. The fourth-order valence-electron chi connectivity index (χ4n) is 1.57. The molecule has 0 aliphatic heterocycles. The fraction of sp³-hybridized carbons (Fsp3) is 0.125. The van der Waals surface area contributed by atoms with Crippen LogP contribution in [0.2, 0.25) is 10.0 Å². The molecule has 2 rings (SSSR count). The molecule has 6 nitrogen and oxygen atoms in total. The van der Waals surface area contributed by atoms with Crippen LogP contribution >= 0.6 is 47.2 Å². The Morgan fingerprint density at radius 1 is 1.14 bits per heavy atom. The van der Waals surface area contributed by atoms with Crippen LogP contribution in [0.25, 0.3) is 0 Å². The van der Waals surface area contributed by atoms with Gasteiger partial charge in [-0.3, -0.25) is 0 Å². The molecule has 0 atom stereocenters. The molecule has 160 valence electrons. The van der Waals surface area contributed by atoms with Crippen molar-refractivity contribution < 1.29 is 32.2 Å². The highest BCUT2D eigenvalue weighted by atomic mass is 35.5. The van der Waals surface area contributed by atoms with Gasteiger partial charge in [-0.05, 0) is 30.5 Å². The molecule has 0 radical (unpaired) electrons. The van der Waals surface area contributed by atoms with Crippen molar-refractivity contribution in [2.75, 3.05) is 12.5 Å². The van der Waals surface area contributed by atoms with Crippen molar-refractivity contribution in [3.8, 4) is 0 Å². The van der Waals surface area contributed by atoms with Gasteiger partial charge in [0.25, 0.3) is 10.1 Å². The summed E-state index contributed by atoms with van der Waals surface area (Å²) >= 11 is 17.2. The van der Waals surface area contributed by atoms with Gasteiger partial charge in [0.1, 0.15) is 22.2 Å². The maximum atomic E-state index is 13.1. The van der Waals surface area contributed by atoms with E-state index in [1.165, 1.54) is 30.0 Å². The summed E-state index contributed by atoms with van der Waals surface area (Å²) in [4.78, 5) is -0.0203. The van der Waals surface area contributed by atoms with E-state index in [1.807, 2.05) is 0 Å². The van der Waals surface area contributed by atoms with Crippen molar-refractivity contribution in [2.24, 2.45) is 5.73 Å². The average molecular weight is 505 g/mol. The minimum absolute atomic E-state index is 0.0203. The number of halogens is 4. The molecule has 2 aromatic rings. The van der Waals surface area contributed by atoms with Crippen LogP contribution in [0.5, 0.6) is 0 Å². The lowest BCUT2D eigenvalue weighted by atomic mass is 10.2. The fourth-order valence-corrected chi connectivity index (χ4v) is 2.83. The summed E-state index contributed by atoms with van der Waals surface area (Å²) in [5.41, 5.74) is 5.64. The highest BCUT2D eigenvalue weighted by Gasteiger charge is 2.15. The Morgan fingerprint density at radius 2 is 1.52 bits per heavy atom. The first kappa shape index (κ1) is 27.7. The molecular formula is C16H16Cl2F2N2O4S3. The molecule has 0 heterocycles. The maximum Gasteiger partial charge on any atom is 0.255 e. The Bertz CT molecular complexity index is 936. The van der Waals surface area contributed by atoms with Crippen LogP contribution in [-0.4, -0.2) is 31.0 Å². The van der Waals surface area contributed by atoms with E-state index in [-0.39, 0.29) is 21.4 Å². The van der Waals surface area contributed by atoms with Gasteiger partial charge in [-0.1, -0.05) is 59.3 Å². The van der Waals surface area contributed by atoms with Crippen LogP contribution < -0.4 is 16.4 Å². The molecule has 29 heavy (non-hydrogen) atoms. The summed E-state index contributed by atoms with van der Waals surface area (Å²) in [6.45, 7) is 0. The standard InChI is InChI=1S/C8H7ClFNS.C7H5ClFNS.CH4O4S/c1-12-8(11)7-5(9)3-2-4-6(7)10;8-4-2-1-3-5(9)6(4)7(10)11;1-6(3,4)5-2/h2-4,11H,1H3;1-3H,(H2,10,11);2H,1H3. The normalized spacial score (nSPS) is 10.2. The molecule has 0 saturated heterocycles. The first-order chi connectivity index (χ1) is 13.4. The van der Waals surface area contributed by atoms with Gasteiger partial charge in [0.2, 0.25) is 5.04 Å². The Labute approximate surface area is 186 Å². The molecule has 0 saturated carbocycles. The van der Waals surface area contributed by atoms with E-state index in [2.05, 4.69) is 16.6 Å². The number of hydrogen-bond acceptors (Lipinski definition) is 6. The molecule has 0 spiro atoms. The molecule has 0 aromatic heterocycles. The molecule has 0 bridgehead atoms. The van der Waals surface area contributed by atoms with Crippen molar-refractivity contribution in [2.45, 2.75) is 0 Å². The molecular weight excluding hydrogens is 489 g/mol. The third kappa shape index (κ3) is 10.3. The van der Waals surface area contributed by atoms with Crippen LogP contribution in [0, 0.1) is 11.6 Å². The van der Waals surface area contributed by atoms with Gasteiger partial charge in [0, 0.05) is 0 Å². The zero-order valence-corrected chi connectivity index (χ0v) is 18.9. The van der Waals surface area contributed by atoms with Crippen molar-refractivity contribution in [3.63, 3.8) is 0 Å². The van der Waals surface area contributed by atoms with Gasteiger partial charge in [-0.15, -0.1) is 0 Å². The van der Waals surface area contributed by atoms with Gasteiger partial charge in [0.05, 0.1) is 21.9 Å². The van der Waals surface area contributed by atoms with Gasteiger partial charge in [-0.2, -0.15) is 0 Å². The van der Waals surface area contributed by atoms with Gasteiger partial charge in [0.15, 0.2) is 0 Å². The molecule has 4 N–H and O–H groups in total. The van der Waals surface area contributed by atoms with Crippen LogP contribution in [-0.2, 0) is 14.5 Å². The van der Waals surface area contributed by atoms with Crippen molar-refractivity contribution in [1.29, 1.82) is 0 Å². The van der Waals surface area contributed by atoms with Crippen LogP contribution in [0.1, 0.15) is 11.1 Å². The zero-order valence-electron chi connectivity index (χ0n) is 15.0. The second kappa shape index (κ2) is 13.1. The molecule has 0 unspecified atom stereocenters. The first-order valence-corrected chi connectivity index (χ1v) is 11.4. The SMILES string of the molecule is CS(=O)(=O)O[O-].CSC(=[NH2+])c1c(F)cccc1Cl.NC(=S)c1c(F)cccc1Cl. The van der Waals surface area contributed by atoms with Gasteiger partial charge >= 0.3 is 0 Å². The Balaban J connectivity index is 0.000000430. The number of thiocarbonyl (C=S) groups is 1. The number of hydrogen-bond donors (Lipinski definition) is 2. The Hall–Kier alpha value is -1.34. The Kier molecular flexibility index (Phi) is 12.5. The second-order valence-electron chi connectivity index (χ2n) is 4.90. The molecule has 0 aliphatic carbocycles. The van der Waals surface area contributed by atoms with Crippen molar-refractivity contribution in [3.05, 3.63) is 69.2 Å².